The van der Waals surface area contributed by atoms with E-state index in [0.717, 1.165) is 5.56 Å². The molecule has 1 atom stereocenters. The number of nitrogens with zero attached hydrogens (tertiary/aromatic N) is 2. The van der Waals surface area contributed by atoms with E-state index in [-0.39, 0.29) is 12.3 Å². The Bertz CT molecular complexity index is 789. The fourth-order valence-electron chi connectivity index (χ4n) is 2.48. The third-order valence-corrected chi connectivity index (χ3v) is 3.70. The predicted molar refractivity (Wildman–Crippen MR) is 86.1 cm³/mol. The van der Waals surface area contributed by atoms with Crippen LogP contribution in [0.2, 0.25) is 0 Å². The first-order valence-electron chi connectivity index (χ1n) is 7.50. The summed E-state index contributed by atoms with van der Waals surface area (Å²) in [4.78, 5) is 10.8. The predicted octanol–water partition coefficient (Wildman–Crippen LogP) is 3.77. The van der Waals surface area contributed by atoms with Crippen LogP contribution in [-0.4, -0.2) is 20.9 Å². The van der Waals surface area contributed by atoms with Crippen LogP contribution in [0.15, 0.2) is 59.3 Å². The molecule has 2 heterocycles. The first-order chi connectivity index (χ1) is 11.1. The molecule has 5 heteroatoms. The number of hydrogen-bond donors (Lipinski definition) is 1. The lowest BCUT2D eigenvalue weighted by Crippen LogP contribution is -2.01. The van der Waals surface area contributed by atoms with Gasteiger partial charge in [0.2, 0.25) is 0 Å². The molecule has 0 amide bonds. The topological polar surface area (TPSA) is 68.3 Å². The second-order valence-electron chi connectivity index (χ2n) is 5.61. The van der Waals surface area contributed by atoms with Gasteiger partial charge in [-0.15, -0.1) is 0 Å². The molecule has 0 bridgehead atoms. The first kappa shape index (κ1) is 15.1. The summed E-state index contributed by atoms with van der Waals surface area (Å²) in [5.41, 5.74) is 2.06. The largest absolute Gasteiger partial charge is 0.481 e. The number of carbonyl (C=O) groups is 1. The van der Waals surface area contributed by atoms with Gasteiger partial charge in [0, 0.05) is 12.1 Å². The van der Waals surface area contributed by atoms with Crippen LogP contribution in [-0.2, 0) is 11.3 Å². The quantitative estimate of drug-likeness (QED) is 0.752. The monoisotopic (exact) mass is 310 g/mol. The van der Waals surface area contributed by atoms with Gasteiger partial charge >= 0.3 is 5.97 Å². The molecule has 0 aliphatic carbocycles. The van der Waals surface area contributed by atoms with Gasteiger partial charge < -0.3 is 9.52 Å². The van der Waals surface area contributed by atoms with E-state index >= 15 is 0 Å². The summed E-state index contributed by atoms with van der Waals surface area (Å²) < 4.78 is 7.63. The van der Waals surface area contributed by atoms with Crippen LogP contribution in [0, 0.1) is 0 Å². The zero-order valence-corrected chi connectivity index (χ0v) is 12.8. The van der Waals surface area contributed by atoms with E-state index in [4.69, 9.17) is 9.52 Å². The third-order valence-electron chi connectivity index (χ3n) is 3.70. The standard InChI is InChI=1S/C18H18N2O3/c1-13(9-18(21)22)16-7-8-17(23-16)15-10-19-20(12-15)11-14-5-3-2-4-6-14/h2-8,10,12-13H,9,11H2,1H3,(H,21,22). The van der Waals surface area contributed by atoms with Gasteiger partial charge in [-0.25, -0.2) is 0 Å². The number of hydrogen-bond acceptors (Lipinski definition) is 3. The number of benzene rings is 1. The van der Waals surface area contributed by atoms with E-state index in [1.165, 1.54) is 5.56 Å². The minimum atomic E-state index is -0.828. The van der Waals surface area contributed by atoms with Crippen molar-refractivity contribution in [1.29, 1.82) is 0 Å². The summed E-state index contributed by atoms with van der Waals surface area (Å²) in [6, 6.07) is 13.8. The molecule has 0 aliphatic heterocycles. The van der Waals surface area contributed by atoms with Crippen molar-refractivity contribution < 1.29 is 14.3 Å². The van der Waals surface area contributed by atoms with Gasteiger partial charge in [0.15, 0.2) is 0 Å². The minimum absolute atomic E-state index is 0.0558. The van der Waals surface area contributed by atoms with Crippen LogP contribution in [0.5, 0.6) is 0 Å². The van der Waals surface area contributed by atoms with Crippen LogP contribution in [0.4, 0.5) is 0 Å². The highest BCUT2D eigenvalue weighted by Gasteiger charge is 2.15. The fraction of sp³-hybridized carbons (Fsp3) is 0.222. The van der Waals surface area contributed by atoms with Crippen molar-refractivity contribution in [2.75, 3.05) is 0 Å². The molecule has 3 aromatic rings. The minimum Gasteiger partial charge on any atom is -0.481 e. The molecule has 23 heavy (non-hydrogen) atoms. The Morgan fingerprint density at radius 3 is 2.78 bits per heavy atom. The second kappa shape index (κ2) is 6.52. The molecule has 118 valence electrons. The zero-order valence-electron chi connectivity index (χ0n) is 12.8. The van der Waals surface area contributed by atoms with Crippen LogP contribution >= 0.6 is 0 Å². The number of aromatic nitrogens is 2. The Morgan fingerprint density at radius 2 is 2.04 bits per heavy atom. The number of aliphatic carboxylic acids is 1. The zero-order chi connectivity index (χ0) is 16.2. The summed E-state index contributed by atoms with van der Waals surface area (Å²) in [5.74, 6) is 0.404. The van der Waals surface area contributed by atoms with Crippen LogP contribution in [0.3, 0.4) is 0 Å². The Hall–Kier alpha value is -2.82. The molecule has 0 aliphatic rings. The highest BCUT2D eigenvalue weighted by atomic mass is 16.4. The molecule has 1 unspecified atom stereocenters. The maximum Gasteiger partial charge on any atom is 0.304 e. The van der Waals surface area contributed by atoms with Crippen molar-refractivity contribution in [3.63, 3.8) is 0 Å². The van der Waals surface area contributed by atoms with Crippen molar-refractivity contribution >= 4 is 5.97 Å². The average Bonchev–Trinajstić information content (AvgIpc) is 3.16. The van der Waals surface area contributed by atoms with Gasteiger partial charge in [-0.05, 0) is 17.7 Å². The van der Waals surface area contributed by atoms with Crippen molar-refractivity contribution in [2.24, 2.45) is 0 Å². The summed E-state index contributed by atoms with van der Waals surface area (Å²) in [5, 5.41) is 13.2. The molecule has 0 radical (unpaired) electrons. The molecule has 0 saturated heterocycles. The van der Waals surface area contributed by atoms with Gasteiger partial charge in [-0.2, -0.15) is 5.10 Å². The van der Waals surface area contributed by atoms with E-state index < -0.39 is 5.97 Å². The molecule has 0 fully saturated rings. The Balaban J connectivity index is 1.73. The van der Waals surface area contributed by atoms with Crippen molar-refractivity contribution in [3.8, 4) is 11.3 Å². The van der Waals surface area contributed by atoms with Crippen LogP contribution in [0.25, 0.3) is 11.3 Å². The molecule has 0 spiro atoms. The normalized spacial score (nSPS) is 12.2. The maximum atomic E-state index is 10.8. The van der Waals surface area contributed by atoms with Crippen molar-refractivity contribution in [1.82, 2.24) is 9.78 Å². The molecule has 5 nitrogen and oxygen atoms in total. The fourth-order valence-corrected chi connectivity index (χ4v) is 2.48. The lowest BCUT2D eigenvalue weighted by atomic mass is 10.1. The summed E-state index contributed by atoms with van der Waals surface area (Å²) in [6.07, 6.45) is 3.74. The number of furan rings is 1. The van der Waals surface area contributed by atoms with Gasteiger partial charge in [0.05, 0.1) is 24.7 Å². The van der Waals surface area contributed by atoms with E-state index in [1.807, 2.05) is 48.1 Å². The highest BCUT2D eigenvalue weighted by Crippen LogP contribution is 2.27. The van der Waals surface area contributed by atoms with Gasteiger partial charge in [0.1, 0.15) is 11.5 Å². The number of carboxylic acids is 1. The summed E-state index contributed by atoms with van der Waals surface area (Å²) >= 11 is 0. The molecule has 1 aromatic carbocycles. The lowest BCUT2D eigenvalue weighted by Gasteiger charge is -2.03. The maximum absolute atomic E-state index is 10.8. The van der Waals surface area contributed by atoms with Crippen LogP contribution < -0.4 is 0 Å². The SMILES string of the molecule is CC(CC(=O)O)c1ccc(-c2cnn(Cc3ccccc3)c2)o1. The number of rotatable bonds is 6. The second-order valence-corrected chi connectivity index (χ2v) is 5.61. The van der Waals surface area contributed by atoms with E-state index in [2.05, 4.69) is 17.2 Å². The Kier molecular flexibility index (Phi) is 4.28. The summed E-state index contributed by atoms with van der Waals surface area (Å²) in [6.45, 7) is 2.54. The third kappa shape index (κ3) is 3.69. The lowest BCUT2D eigenvalue weighted by molar-refractivity contribution is -0.137. The molecule has 0 saturated carbocycles. The van der Waals surface area contributed by atoms with Gasteiger partial charge in [0.25, 0.3) is 0 Å². The molecule has 1 N–H and O–H groups in total. The molecular formula is C18H18N2O3. The Labute approximate surface area is 134 Å². The van der Waals surface area contributed by atoms with Gasteiger partial charge in [-0.1, -0.05) is 37.3 Å². The van der Waals surface area contributed by atoms with Crippen molar-refractivity contribution in [3.05, 3.63) is 66.2 Å². The van der Waals surface area contributed by atoms with Gasteiger partial charge in [-0.3, -0.25) is 9.48 Å². The highest BCUT2D eigenvalue weighted by molar-refractivity contribution is 5.67. The van der Waals surface area contributed by atoms with E-state index in [1.54, 1.807) is 6.20 Å². The average molecular weight is 310 g/mol. The van der Waals surface area contributed by atoms with Crippen molar-refractivity contribution in [2.45, 2.75) is 25.8 Å². The van der Waals surface area contributed by atoms with E-state index in [0.29, 0.717) is 18.1 Å². The number of carboxylic acid groups (broad SMARTS) is 1. The molecular weight excluding hydrogens is 292 g/mol. The van der Waals surface area contributed by atoms with Crippen LogP contribution in [0.1, 0.15) is 30.6 Å². The summed E-state index contributed by atoms with van der Waals surface area (Å²) in [7, 11) is 0. The molecule has 2 aromatic heterocycles. The smallest absolute Gasteiger partial charge is 0.304 e. The first-order valence-corrected chi connectivity index (χ1v) is 7.50. The van der Waals surface area contributed by atoms with E-state index in [9.17, 15) is 4.79 Å². The molecule has 3 rings (SSSR count). The Morgan fingerprint density at radius 1 is 1.26 bits per heavy atom.